The molecule has 2 N–H and O–H groups in total. The van der Waals surface area contributed by atoms with Crippen LogP contribution < -0.4 is 5.32 Å². The normalized spacial score (nSPS) is 11.8. The highest BCUT2D eigenvalue weighted by atomic mass is 16.3. The second-order valence-electron chi connectivity index (χ2n) is 3.95. The molecule has 1 aromatic rings. The number of nitriles is 1. The van der Waals surface area contributed by atoms with E-state index in [9.17, 15) is 0 Å². The van der Waals surface area contributed by atoms with E-state index in [1.807, 2.05) is 6.07 Å². The fourth-order valence-corrected chi connectivity index (χ4v) is 1.67. The lowest BCUT2D eigenvalue weighted by Gasteiger charge is -2.15. The summed E-state index contributed by atoms with van der Waals surface area (Å²) in [6, 6.07) is 1.93. The van der Waals surface area contributed by atoms with Crippen LogP contribution in [0.25, 0.3) is 0 Å². The van der Waals surface area contributed by atoms with Crippen molar-refractivity contribution in [2.75, 3.05) is 18.5 Å². The topological polar surface area (TPSA) is 81.8 Å². The predicted molar refractivity (Wildman–Crippen MR) is 65.3 cm³/mol. The Bertz CT molecular complexity index is 352. The molecule has 17 heavy (non-hydrogen) atoms. The van der Waals surface area contributed by atoms with Crippen LogP contribution in [0.5, 0.6) is 0 Å². The molecule has 5 heteroatoms. The van der Waals surface area contributed by atoms with Gasteiger partial charge in [0.15, 0.2) is 5.69 Å². The van der Waals surface area contributed by atoms with Crippen LogP contribution in [-0.4, -0.2) is 28.2 Å². The van der Waals surface area contributed by atoms with Crippen molar-refractivity contribution in [3.8, 4) is 6.07 Å². The number of hydrogen-bond acceptors (Lipinski definition) is 5. The average molecular weight is 234 g/mol. The van der Waals surface area contributed by atoms with Gasteiger partial charge in [0.05, 0.1) is 12.4 Å². The number of hydrogen-bond donors (Lipinski definition) is 2. The molecule has 1 rings (SSSR count). The van der Waals surface area contributed by atoms with Gasteiger partial charge in [-0.2, -0.15) is 5.26 Å². The molecule has 5 nitrogen and oxygen atoms in total. The Morgan fingerprint density at radius 3 is 2.76 bits per heavy atom. The van der Waals surface area contributed by atoms with E-state index in [0.717, 1.165) is 25.8 Å². The Kier molecular flexibility index (Phi) is 5.97. The van der Waals surface area contributed by atoms with E-state index >= 15 is 0 Å². The van der Waals surface area contributed by atoms with Gasteiger partial charge in [-0.1, -0.05) is 13.3 Å². The first-order valence-corrected chi connectivity index (χ1v) is 5.87. The molecule has 0 amide bonds. The summed E-state index contributed by atoms with van der Waals surface area (Å²) in [6.45, 7) is 3.12. The third-order valence-electron chi connectivity index (χ3n) is 2.57. The highest BCUT2D eigenvalue weighted by molar-refractivity contribution is 5.33. The zero-order valence-electron chi connectivity index (χ0n) is 10.1. The zero-order chi connectivity index (χ0) is 12.5. The summed E-state index contributed by atoms with van der Waals surface area (Å²) in [4.78, 5) is 8.01. The summed E-state index contributed by atoms with van der Waals surface area (Å²) in [5, 5.41) is 20.7. The standard InChI is InChI=1S/C12H18N4O/c1-2-3-10(4-5-17)7-15-12-9-14-11(6-13)8-16-12/h8-10,17H,2-5,7H2,1H3,(H,15,16). The minimum Gasteiger partial charge on any atom is -0.396 e. The summed E-state index contributed by atoms with van der Waals surface area (Å²) >= 11 is 0. The van der Waals surface area contributed by atoms with Crippen LogP contribution in [0.1, 0.15) is 31.9 Å². The van der Waals surface area contributed by atoms with Gasteiger partial charge in [-0.15, -0.1) is 0 Å². The monoisotopic (exact) mass is 234 g/mol. The van der Waals surface area contributed by atoms with Gasteiger partial charge in [-0.25, -0.2) is 9.97 Å². The SMILES string of the molecule is CCCC(CCO)CNc1cnc(C#N)cn1. The molecule has 0 aromatic carbocycles. The number of nitrogens with one attached hydrogen (secondary N) is 1. The number of aliphatic hydroxyl groups is 1. The van der Waals surface area contributed by atoms with Gasteiger partial charge in [0, 0.05) is 13.2 Å². The lowest BCUT2D eigenvalue weighted by molar-refractivity contribution is 0.255. The minimum atomic E-state index is 0.214. The van der Waals surface area contributed by atoms with Gasteiger partial charge >= 0.3 is 0 Å². The van der Waals surface area contributed by atoms with Crippen LogP contribution in [0.2, 0.25) is 0 Å². The molecule has 0 bridgehead atoms. The molecular weight excluding hydrogens is 216 g/mol. The molecule has 0 radical (unpaired) electrons. The van der Waals surface area contributed by atoms with E-state index in [4.69, 9.17) is 10.4 Å². The van der Waals surface area contributed by atoms with Crippen molar-refractivity contribution in [2.45, 2.75) is 26.2 Å². The third-order valence-corrected chi connectivity index (χ3v) is 2.57. The number of nitrogens with zero attached hydrogens (tertiary/aromatic N) is 3. The lowest BCUT2D eigenvalue weighted by atomic mass is 10.0. The fourth-order valence-electron chi connectivity index (χ4n) is 1.67. The van der Waals surface area contributed by atoms with Crippen LogP contribution in [0, 0.1) is 17.2 Å². The Labute approximate surface area is 102 Å². The van der Waals surface area contributed by atoms with E-state index in [0.29, 0.717) is 17.4 Å². The molecule has 1 unspecified atom stereocenters. The van der Waals surface area contributed by atoms with Crippen molar-refractivity contribution in [1.29, 1.82) is 5.26 Å². The molecule has 0 aliphatic rings. The molecule has 0 fully saturated rings. The Morgan fingerprint density at radius 2 is 2.24 bits per heavy atom. The highest BCUT2D eigenvalue weighted by Crippen LogP contribution is 2.11. The molecular formula is C12H18N4O. The fraction of sp³-hybridized carbons (Fsp3) is 0.583. The first kappa shape index (κ1) is 13.4. The van der Waals surface area contributed by atoms with Crippen LogP contribution in [0.4, 0.5) is 5.82 Å². The lowest BCUT2D eigenvalue weighted by Crippen LogP contribution is -2.16. The Morgan fingerprint density at radius 1 is 1.41 bits per heavy atom. The minimum absolute atomic E-state index is 0.214. The van der Waals surface area contributed by atoms with Crippen molar-refractivity contribution < 1.29 is 5.11 Å². The van der Waals surface area contributed by atoms with Gasteiger partial charge in [0.2, 0.25) is 0 Å². The van der Waals surface area contributed by atoms with E-state index in [-0.39, 0.29) is 6.61 Å². The summed E-state index contributed by atoms with van der Waals surface area (Å²) in [5.41, 5.74) is 0.316. The molecule has 0 spiro atoms. The third kappa shape index (κ3) is 4.79. The maximum atomic E-state index is 8.94. The molecule has 0 saturated heterocycles. The second-order valence-corrected chi connectivity index (χ2v) is 3.95. The van der Waals surface area contributed by atoms with Crippen LogP contribution in [0.15, 0.2) is 12.4 Å². The first-order chi connectivity index (χ1) is 8.30. The van der Waals surface area contributed by atoms with E-state index in [1.54, 1.807) is 6.20 Å². The molecule has 0 saturated carbocycles. The zero-order valence-corrected chi connectivity index (χ0v) is 10.1. The molecule has 1 aromatic heterocycles. The van der Waals surface area contributed by atoms with E-state index in [2.05, 4.69) is 22.2 Å². The van der Waals surface area contributed by atoms with Crippen LogP contribution >= 0.6 is 0 Å². The number of aliphatic hydroxyl groups excluding tert-OH is 1. The summed E-state index contributed by atoms with van der Waals surface area (Å²) in [6.07, 6.45) is 5.98. The van der Waals surface area contributed by atoms with Gasteiger partial charge in [-0.3, -0.25) is 0 Å². The maximum Gasteiger partial charge on any atom is 0.158 e. The first-order valence-electron chi connectivity index (χ1n) is 5.87. The van der Waals surface area contributed by atoms with Crippen LogP contribution in [0.3, 0.4) is 0 Å². The van der Waals surface area contributed by atoms with E-state index in [1.165, 1.54) is 6.20 Å². The molecule has 92 valence electrons. The summed E-state index contributed by atoms with van der Waals surface area (Å²) in [7, 11) is 0. The molecule has 1 heterocycles. The number of rotatable bonds is 7. The van der Waals surface area contributed by atoms with Gasteiger partial charge in [-0.05, 0) is 18.8 Å². The van der Waals surface area contributed by atoms with Crippen molar-refractivity contribution in [3.05, 3.63) is 18.1 Å². The summed E-state index contributed by atoms with van der Waals surface area (Å²) in [5.74, 6) is 1.12. The number of anilines is 1. The van der Waals surface area contributed by atoms with Crippen molar-refractivity contribution in [1.82, 2.24) is 9.97 Å². The largest absolute Gasteiger partial charge is 0.396 e. The quantitative estimate of drug-likeness (QED) is 0.748. The smallest absolute Gasteiger partial charge is 0.158 e. The number of aromatic nitrogens is 2. The maximum absolute atomic E-state index is 8.94. The van der Waals surface area contributed by atoms with Gasteiger partial charge in [0.1, 0.15) is 11.9 Å². The van der Waals surface area contributed by atoms with Crippen molar-refractivity contribution in [2.24, 2.45) is 5.92 Å². The van der Waals surface area contributed by atoms with Crippen molar-refractivity contribution >= 4 is 5.82 Å². The second kappa shape index (κ2) is 7.58. The summed E-state index contributed by atoms with van der Waals surface area (Å²) < 4.78 is 0. The highest BCUT2D eigenvalue weighted by Gasteiger charge is 2.07. The predicted octanol–water partition coefficient (Wildman–Crippen LogP) is 1.56. The van der Waals surface area contributed by atoms with Crippen molar-refractivity contribution in [3.63, 3.8) is 0 Å². The molecule has 1 atom stereocenters. The Balaban J connectivity index is 2.44. The van der Waals surface area contributed by atoms with E-state index < -0.39 is 0 Å². The van der Waals surface area contributed by atoms with Crippen LogP contribution in [-0.2, 0) is 0 Å². The molecule has 0 aliphatic carbocycles. The Hall–Kier alpha value is -1.67. The van der Waals surface area contributed by atoms with Gasteiger partial charge in [0.25, 0.3) is 0 Å². The molecule has 0 aliphatic heterocycles. The average Bonchev–Trinajstić information content (AvgIpc) is 2.37. The van der Waals surface area contributed by atoms with Gasteiger partial charge < -0.3 is 10.4 Å².